The lowest BCUT2D eigenvalue weighted by Gasteiger charge is -2.18. The third-order valence-corrected chi connectivity index (χ3v) is 3.79. The minimum atomic E-state index is -3.05. The largest absolute Gasteiger partial charge is 0.231 e. The van der Waals surface area contributed by atoms with Crippen molar-refractivity contribution in [3.63, 3.8) is 0 Å². The molecule has 0 amide bonds. The van der Waals surface area contributed by atoms with Gasteiger partial charge in [0.2, 0.25) is 0 Å². The van der Waals surface area contributed by atoms with E-state index >= 15 is 0 Å². The zero-order valence-electron chi connectivity index (χ0n) is 6.79. The van der Waals surface area contributed by atoms with Crippen LogP contribution in [0.15, 0.2) is 4.99 Å². The summed E-state index contributed by atoms with van der Waals surface area (Å²) in [6.07, 6.45) is 1.19. The minimum Gasteiger partial charge on any atom is -0.231 e. The van der Waals surface area contributed by atoms with E-state index < -0.39 is 14.6 Å². The van der Waals surface area contributed by atoms with Gasteiger partial charge in [-0.2, -0.15) is 0 Å². The highest BCUT2D eigenvalue weighted by Crippen LogP contribution is 2.14. The third-order valence-electron chi connectivity index (χ3n) is 1.53. The molecule has 64 valence electrons. The number of aliphatic imine (C=N–C) groups is 1. The van der Waals surface area contributed by atoms with E-state index in [1.807, 2.05) is 0 Å². The number of hydrogen-bond donors (Lipinski definition) is 0. The molecular formula is C6H11NO2S2. The molecule has 0 saturated heterocycles. The summed E-state index contributed by atoms with van der Waals surface area (Å²) in [6.45, 7) is 3.40. The first-order chi connectivity index (χ1) is 4.81. The standard InChI is InChI=1S/C6H11NO2S2/c1-6(2,4-7-5-10)11(3,8)9/h4H2,1-3H3. The highest BCUT2D eigenvalue weighted by molar-refractivity contribution is 7.92. The molecule has 0 atom stereocenters. The van der Waals surface area contributed by atoms with Crippen molar-refractivity contribution in [2.75, 3.05) is 12.8 Å². The van der Waals surface area contributed by atoms with Crippen LogP contribution in [-0.4, -0.2) is 31.1 Å². The van der Waals surface area contributed by atoms with Crippen molar-refractivity contribution < 1.29 is 8.42 Å². The molecule has 0 heterocycles. The van der Waals surface area contributed by atoms with Crippen molar-refractivity contribution in [2.24, 2.45) is 4.99 Å². The lowest BCUT2D eigenvalue weighted by Crippen LogP contribution is -2.33. The maximum Gasteiger partial charge on any atom is 0.154 e. The van der Waals surface area contributed by atoms with E-state index in [4.69, 9.17) is 0 Å². The van der Waals surface area contributed by atoms with Gasteiger partial charge < -0.3 is 0 Å². The Kier molecular flexibility index (Phi) is 3.35. The van der Waals surface area contributed by atoms with Crippen LogP contribution in [0.4, 0.5) is 0 Å². The van der Waals surface area contributed by atoms with Gasteiger partial charge in [-0.1, -0.05) is 0 Å². The third kappa shape index (κ3) is 3.10. The van der Waals surface area contributed by atoms with E-state index in [-0.39, 0.29) is 6.54 Å². The Labute approximate surface area is 72.4 Å². The molecule has 0 rings (SSSR count). The molecule has 0 aromatic heterocycles. The highest BCUT2D eigenvalue weighted by atomic mass is 32.2. The summed E-state index contributed by atoms with van der Waals surface area (Å²) in [5.41, 5.74) is 0. The summed E-state index contributed by atoms with van der Waals surface area (Å²) in [5.74, 6) is 0. The van der Waals surface area contributed by atoms with Crippen molar-refractivity contribution in [1.82, 2.24) is 0 Å². The van der Waals surface area contributed by atoms with E-state index in [0.717, 1.165) is 0 Å². The summed E-state index contributed by atoms with van der Waals surface area (Å²) in [6, 6.07) is 0. The molecule has 0 N–H and O–H groups in total. The maximum absolute atomic E-state index is 11.0. The van der Waals surface area contributed by atoms with Gasteiger partial charge in [-0.25, -0.2) is 13.4 Å². The molecule has 0 fully saturated rings. The normalized spacial score (nSPS) is 12.3. The molecule has 0 spiro atoms. The average molecular weight is 193 g/mol. The van der Waals surface area contributed by atoms with Crippen molar-refractivity contribution in [2.45, 2.75) is 18.6 Å². The lowest BCUT2D eigenvalue weighted by atomic mass is 10.2. The van der Waals surface area contributed by atoms with Gasteiger partial charge in [0.05, 0.1) is 16.5 Å². The van der Waals surface area contributed by atoms with E-state index in [1.165, 1.54) is 6.26 Å². The Balaban J connectivity index is 4.61. The quantitative estimate of drug-likeness (QED) is 0.494. The van der Waals surface area contributed by atoms with Crippen LogP contribution in [0.3, 0.4) is 0 Å². The van der Waals surface area contributed by atoms with Gasteiger partial charge in [-0.05, 0) is 26.1 Å². The smallest absolute Gasteiger partial charge is 0.154 e. The van der Waals surface area contributed by atoms with Crippen molar-refractivity contribution in [1.29, 1.82) is 0 Å². The molecule has 11 heavy (non-hydrogen) atoms. The first-order valence-electron chi connectivity index (χ1n) is 3.04. The van der Waals surface area contributed by atoms with Crippen LogP contribution < -0.4 is 0 Å². The van der Waals surface area contributed by atoms with Crippen LogP contribution in [0.25, 0.3) is 0 Å². The van der Waals surface area contributed by atoms with Gasteiger partial charge in [-0.15, -0.1) is 0 Å². The minimum absolute atomic E-state index is 0.176. The molecular weight excluding hydrogens is 182 g/mol. The molecule has 0 radical (unpaired) electrons. The Bertz CT molecular complexity index is 273. The van der Waals surface area contributed by atoms with Crippen LogP contribution in [0.1, 0.15) is 13.8 Å². The van der Waals surface area contributed by atoms with Crippen LogP contribution in [0.5, 0.6) is 0 Å². The summed E-state index contributed by atoms with van der Waals surface area (Å²) < 4.78 is 21.2. The van der Waals surface area contributed by atoms with E-state index in [9.17, 15) is 8.42 Å². The number of nitrogens with zero attached hydrogens (tertiary/aromatic N) is 1. The van der Waals surface area contributed by atoms with Gasteiger partial charge in [-0.3, -0.25) is 0 Å². The Morgan fingerprint density at radius 3 is 2.27 bits per heavy atom. The van der Waals surface area contributed by atoms with Crippen LogP contribution in [0.2, 0.25) is 0 Å². The number of sulfone groups is 1. The van der Waals surface area contributed by atoms with Crippen molar-refractivity contribution >= 4 is 27.2 Å². The highest BCUT2D eigenvalue weighted by Gasteiger charge is 2.29. The Morgan fingerprint density at radius 2 is 2.00 bits per heavy atom. The van der Waals surface area contributed by atoms with Crippen molar-refractivity contribution in [3.8, 4) is 0 Å². The zero-order valence-corrected chi connectivity index (χ0v) is 8.42. The summed E-state index contributed by atoms with van der Waals surface area (Å²) in [7, 11) is -3.05. The van der Waals surface area contributed by atoms with Crippen LogP contribution in [-0.2, 0) is 9.84 Å². The predicted molar refractivity (Wildman–Crippen MR) is 48.8 cm³/mol. The van der Waals surface area contributed by atoms with Crippen molar-refractivity contribution in [3.05, 3.63) is 0 Å². The molecule has 0 aliphatic carbocycles. The first kappa shape index (κ1) is 10.8. The monoisotopic (exact) mass is 193 g/mol. The van der Waals surface area contributed by atoms with Gasteiger partial charge in [0.1, 0.15) is 0 Å². The Morgan fingerprint density at radius 1 is 1.55 bits per heavy atom. The topological polar surface area (TPSA) is 46.5 Å². The van der Waals surface area contributed by atoms with Gasteiger partial charge in [0.15, 0.2) is 9.84 Å². The fourth-order valence-electron chi connectivity index (χ4n) is 0.340. The van der Waals surface area contributed by atoms with Gasteiger partial charge in [0, 0.05) is 6.26 Å². The predicted octanol–water partition coefficient (Wildman–Crippen LogP) is 0.912. The number of hydrogen-bond acceptors (Lipinski definition) is 4. The van der Waals surface area contributed by atoms with E-state index in [1.54, 1.807) is 13.8 Å². The molecule has 0 saturated carbocycles. The molecule has 0 bridgehead atoms. The first-order valence-corrected chi connectivity index (χ1v) is 5.34. The average Bonchev–Trinajstić information content (AvgIpc) is 1.81. The Hall–Kier alpha value is -0.250. The molecule has 0 aromatic rings. The van der Waals surface area contributed by atoms with E-state index in [2.05, 4.69) is 22.4 Å². The fourth-order valence-corrected chi connectivity index (χ4v) is 0.704. The zero-order chi connectivity index (χ0) is 9.12. The molecule has 5 heteroatoms. The second kappa shape index (κ2) is 3.43. The maximum atomic E-state index is 11.0. The molecule has 0 aliphatic rings. The lowest BCUT2D eigenvalue weighted by molar-refractivity contribution is 0.556. The second-order valence-corrected chi connectivity index (χ2v) is 5.77. The number of rotatable bonds is 3. The molecule has 0 aliphatic heterocycles. The van der Waals surface area contributed by atoms with Crippen LogP contribution in [0, 0.1) is 0 Å². The molecule has 0 unspecified atom stereocenters. The van der Waals surface area contributed by atoms with Crippen LogP contribution >= 0.6 is 12.2 Å². The second-order valence-electron chi connectivity index (χ2n) is 2.94. The van der Waals surface area contributed by atoms with Gasteiger partial charge >= 0.3 is 0 Å². The van der Waals surface area contributed by atoms with E-state index in [0.29, 0.717) is 0 Å². The number of thiocarbonyl (C=S) groups is 1. The SMILES string of the molecule is CC(C)(CN=C=S)S(C)(=O)=O. The molecule has 0 aromatic carbocycles. The number of isothiocyanates is 1. The fraction of sp³-hybridized carbons (Fsp3) is 0.833. The molecule has 3 nitrogen and oxygen atoms in total. The summed E-state index contributed by atoms with van der Waals surface area (Å²) in [5, 5.41) is 2.14. The summed E-state index contributed by atoms with van der Waals surface area (Å²) in [4.78, 5) is 3.60. The summed E-state index contributed by atoms with van der Waals surface area (Å²) >= 11 is 4.33. The van der Waals surface area contributed by atoms with Gasteiger partial charge in [0.25, 0.3) is 0 Å².